The Labute approximate surface area is 596 Å². The second-order valence-corrected chi connectivity index (χ2v) is 24.5. The van der Waals surface area contributed by atoms with Gasteiger partial charge in [0, 0.05) is 133 Å². The number of amides is 2. The maximum absolute atomic E-state index is 13.5. The van der Waals surface area contributed by atoms with Crippen LogP contribution in [0.1, 0.15) is 63.7 Å². The van der Waals surface area contributed by atoms with E-state index in [9.17, 15) is 29.4 Å². The van der Waals surface area contributed by atoms with Crippen LogP contribution in [0.25, 0.3) is 66.8 Å². The summed E-state index contributed by atoms with van der Waals surface area (Å²) < 4.78 is 28.1. The lowest BCUT2D eigenvalue weighted by Crippen LogP contribution is -3.00. The number of carbonyl (C=O) groups excluding carboxylic acids is 2. The van der Waals surface area contributed by atoms with E-state index in [1.807, 2.05) is 197 Å². The Hall–Kier alpha value is -11.3. The van der Waals surface area contributed by atoms with E-state index in [4.69, 9.17) is 53.0 Å². The normalized spacial score (nSPS) is 10.8. The number of hydrogen-bond acceptors (Lipinski definition) is 16. The van der Waals surface area contributed by atoms with E-state index in [2.05, 4.69) is 30.6 Å². The first-order chi connectivity index (χ1) is 46.9. The van der Waals surface area contributed by atoms with Crippen molar-refractivity contribution in [1.29, 1.82) is 0 Å². The van der Waals surface area contributed by atoms with Crippen molar-refractivity contribution in [2.24, 2.45) is 0 Å². The molecule has 0 atom stereocenters. The number of nitrogens with one attached hydrogen (secondary N) is 2. The van der Waals surface area contributed by atoms with Gasteiger partial charge in [0.05, 0.1) is 23.3 Å². The van der Waals surface area contributed by atoms with E-state index in [0.29, 0.717) is 50.5 Å². The largest absolute Gasteiger partial charge is 1.00 e. The molecule has 12 rings (SSSR count). The molecule has 2 amide bonds. The van der Waals surface area contributed by atoms with Gasteiger partial charge in [-0.25, -0.2) is 28.7 Å². The van der Waals surface area contributed by atoms with E-state index in [1.54, 1.807) is 18.2 Å². The third kappa shape index (κ3) is 16.8. The number of rotatable bonds is 18. The fourth-order valence-corrected chi connectivity index (χ4v) is 11.3. The topological polar surface area (TPSA) is 294 Å². The number of nitrogens with two attached hydrogens (primary N) is 2. The van der Waals surface area contributed by atoms with Crippen LogP contribution in [0, 0.1) is 0 Å². The summed E-state index contributed by atoms with van der Waals surface area (Å²) >= 11 is 11.8. The third-order valence-electron chi connectivity index (χ3n) is 16.1. The minimum absolute atomic E-state index is 0. The lowest BCUT2D eigenvalue weighted by Gasteiger charge is -2.19. The molecule has 2 aliphatic carbocycles. The molecule has 0 saturated carbocycles. The highest BCUT2D eigenvalue weighted by Gasteiger charge is 2.27. The minimum Gasteiger partial charge on any atom is -1.00 e. The van der Waals surface area contributed by atoms with Gasteiger partial charge in [0.2, 0.25) is 34.4 Å². The van der Waals surface area contributed by atoms with Crippen LogP contribution in [0.3, 0.4) is 0 Å². The van der Waals surface area contributed by atoms with Gasteiger partial charge in [-0.2, -0.15) is 9.97 Å². The molecule has 8 aromatic rings. The zero-order valence-electron chi connectivity index (χ0n) is 55.4. The Bertz CT molecular complexity index is 5130. The van der Waals surface area contributed by atoms with Crippen LogP contribution in [0.5, 0.6) is 11.8 Å². The van der Waals surface area contributed by atoms with Crippen molar-refractivity contribution in [2.45, 2.75) is 26.3 Å². The summed E-state index contributed by atoms with van der Waals surface area (Å²) in [5.74, 6) is -1.21. The summed E-state index contributed by atoms with van der Waals surface area (Å²) in [4.78, 5) is 71.6. The molecule has 4 aliphatic rings. The quantitative estimate of drug-likeness (QED) is 0.0371. The lowest BCUT2D eigenvalue weighted by atomic mass is 9.89. The average Bonchev–Trinajstić information content (AvgIpc) is 0.831. The minimum atomic E-state index is -1.15. The Morgan fingerprint density at radius 3 is 1.28 bits per heavy atom. The average molecular weight is 1430 g/mol. The first-order valence-electron chi connectivity index (χ1n) is 30.6. The number of fused-ring (bicyclic) bond motifs is 4. The number of hydrogen-bond donors (Lipinski definition) is 6. The Balaban J connectivity index is 0.000000229. The SMILES string of the molecule is CN(C)c1ccc2c(-c3cc(C(=O)NCc4ccc(COc5cc(Cl)nc(N)n5)cc4)ccc3C(=O)O)c3ccc(=[N+](C)C)cc-3oc2c1.CN(C)c1ccc2c(-c3ccc(C(=O)NCc4ccc(COc5cc(Cl)nc(N)n5)cc4)cc3C(=O)O)c3ccc(=[N+](C)C)cc-3oc2c1.[Cl-].[Cl-]. The molecule has 8 N–H and O–H groups in total. The molecule has 22 nitrogen and oxygen atoms in total. The summed E-state index contributed by atoms with van der Waals surface area (Å²) in [5, 5.41) is 30.2. The van der Waals surface area contributed by atoms with Gasteiger partial charge in [0.1, 0.15) is 74.4 Å². The molecule has 0 unspecified atom stereocenters. The predicted molar refractivity (Wildman–Crippen MR) is 380 cm³/mol. The van der Waals surface area contributed by atoms with E-state index in [0.717, 1.165) is 66.2 Å². The predicted octanol–water partition coefficient (Wildman–Crippen LogP) is 5.08. The highest BCUT2D eigenvalue weighted by Crippen LogP contribution is 2.44. The number of aromatic carboxylic acids is 2. The van der Waals surface area contributed by atoms with Crippen molar-refractivity contribution in [3.63, 3.8) is 0 Å². The van der Waals surface area contributed by atoms with E-state index < -0.39 is 17.8 Å². The molecule has 2 aliphatic heterocycles. The second kappa shape index (κ2) is 31.5. The Kier molecular flexibility index (Phi) is 23.0. The van der Waals surface area contributed by atoms with Crippen LogP contribution in [0.2, 0.25) is 10.3 Å². The van der Waals surface area contributed by atoms with Crippen LogP contribution in [-0.4, -0.2) is 110 Å². The second-order valence-electron chi connectivity index (χ2n) is 23.7. The Morgan fingerprint density at radius 2 is 0.870 bits per heavy atom. The summed E-state index contributed by atoms with van der Waals surface area (Å²) in [6.07, 6.45) is 0. The number of aromatic nitrogens is 4. The number of nitrogen functional groups attached to an aromatic ring is 2. The molecule has 0 fully saturated rings. The number of ether oxygens (including phenoxy) is 2. The zero-order valence-corrected chi connectivity index (χ0v) is 58.4. The monoisotopic (exact) mass is 1420 g/mol. The van der Waals surface area contributed by atoms with Gasteiger partial charge < -0.3 is 85.2 Å². The van der Waals surface area contributed by atoms with Crippen molar-refractivity contribution in [3.05, 3.63) is 235 Å². The number of benzene rings is 8. The smallest absolute Gasteiger partial charge is 0.336 e. The third-order valence-corrected chi connectivity index (χ3v) is 16.5. The highest BCUT2D eigenvalue weighted by molar-refractivity contribution is 6.30. The number of carbonyl (C=O) groups is 4. The number of carboxylic acid groups (broad SMARTS) is 2. The summed E-state index contributed by atoms with van der Waals surface area (Å²) in [6.45, 7) is 0.962. The molecule has 512 valence electrons. The van der Waals surface area contributed by atoms with Gasteiger partial charge in [0.25, 0.3) is 11.8 Å². The van der Waals surface area contributed by atoms with Crippen LogP contribution in [0.15, 0.2) is 179 Å². The lowest BCUT2D eigenvalue weighted by molar-refractivity contribution is -0.001000. The number of carboxylic acids is 2. The number of halogens is 4. The number of anilines is 4. The Morgan fingerprint density at radius 1 is 0.470 bits per heavy atom. The fourth-order valence-electron chi connectivity index (χ4n) is 11.0. The fraction of sp³-hybridized carbons (Fsp3) is 0.162. The van der Waals surface area contributed by atoms with Gasteiger partial charge in [-0.05, 0) is 100 Å². The molecule has 0 saturated heterocycles. The summed E-state index contributed by atoms with van der Waals surface area (Å²) in [5.41, 5.74) is 22.2. The van der Waals surface area contributed by atoms with Gasteiger partial charge in [0.15, 0.2) is 0 Å². The number of nitrogens with zero attached hydrogens (tertiary/aromatic N) is 8. The molecule has 4 heterocycles. The van der Waals surface area contributed by atoms with Gasteiger partial charge in [-0.3, -0.25) is 9.59 Å². The standard InChI is InChI=1S/2C37H33ClN6O5.2ClH/c1-43(2)24-10-13-27-30(16-24)49-31-17-25(44(3)4)11-14-28(31)34(27)29-15-23(9-12-26(29)36(46)47)35(45)40-19-21-5-7-22(8-6-21)20-48-33-18-32(38)41-37(39)42-33;1-43(2)24-10-13-27-30(16-24)49-31-17-25(44(3)4)11-14-28(31)34(27)26-12-9-23(15-29(26)36(46)47)35(45)40-19-21-5-7-22(8-6-21)20-48-33-18-32(38)41-37(39)42-33;;/h2*5-18H,19-20H2,1-4H3,(H3-,39,40,41,42,45,46,47);2*1H. The maximum atomic E-state index is 13.5. The molecule has 6 aromatic carbocycles. The molecule has 0 spiro atoms. The molecule has 0 bridgehead atoms. The van der Waals surface area contributed by atoms with Crippen molar-refractivity contribution in [1.82, 2.24) is 39.7 Å². The van der Waals surface area contributed by atoms with Crippen molar-refractivity contribution >= 4 is 92.2 Å². The molecular formula is C74H68Cl4N12O10. The van der Waals surface area contributed by atoms with Crippen LogP contribution < -0.4 is 86.1 Å². The zero-order chi connectivity index (χ0) is 69.6. The van der Waals surface area contributed by atoms with Crippen molar-refractivity contribution in [2.75, 3.05) is 77.6 Å². The van der Waals surface area contributed by atoms with Crippen LogP contribution >= 0.6 is 23.2 Å². The van der Waals surface area contributed by atoms with Crippen LogP contribution in [0.4, 0.5) is 23.3 Å². The molecule has 100 heavy (non-hydrogen) atoms. The van der Waals surface area contributed by atoms with Gasteiger partial charge >= 0.3 is 11.9 Å². The first-order valence-corrected chi connectivity index (χ1v) is 31.4. The summed E-state index contributed by atoms with van der Waals surface area (Å²) in [7, 11) is 15.5. The highest BCUT2D eigenvalue weighted by atomic mass is 35.5. The van der Waals surface area contributed by atoms with E-state index in [1.165, 1.54) is 30.3 Å². The van der Waals surface area contributed by atoms with Crippen molar-refractivity contribution < 1.29 is 72.5 Å². The molecular weight excluding hydrogens is 1360 g/mol. The molecule has 26 heteroatoms. The van der Waals surface area contributed by atoms with Gasteiger partial charge in [-0.15, -0.1) is 0 Å². The van der Waals surface area contributed by atoms with E-state index in [-0.39, 0.29) is 108 Å². The molecule has 2 aromatic heterocycles. The summed E-state index contributed by atoms with van der Waals surface area (Å²) in [6, 6.07) is 50.7. The molecule has 0 radical (unpaired) electrons. The first kappa shape index (κ1) is 73.0. The van der Waals surface area contributed by atoms with Crippen molar-refractivity contribution in [3.8, 4) is 56.7 Å². The maximum Gasteiger partial charge on any atom is 0.336 e. The van der Waals surface area contributed by atoms with E-state index >= 15 is 0 Å². The van der Waals surface area contributed by atoms with Crippen LogP contribution in [-0.2, 0) is 26.3 Å². The van der Waals surface area contributed by atoms with Gasteiger partial charge in [-0.1, -0.05) is 77.8 Å².